The first kappa shape index (κ1) is 14.2. The number of unbranched alkanes of at least 4 members (excludes halogenated alkanes) is 2. The van der Waals surface area contributed by atoms with Crippen LogP contribution >= 0.6 is 0 Å². The van der Waals surface area contributed by atoms with Crippen molar-refractivity contribution in [3.05, 3.63) is 77.9 Å². The third kappa shape index (κ3) is 4.44. The minimum absolute atomic E-state index is 1.06. The Morgan fingerprint density at radius 2 is 1.60 bits per heavy atom. The highest BCUT2D eigenvalue weighted by molar-refractivity contribution is 5.79. The average molecular weight is 260 g/mol. The van der Waals surface area contributed by atoms with E-state index in [4.69, 9.17) is 0 Å². The second-order valence-electron chi connectivity index (χ2n) is 4.74. The van der Waals surface area contributed by atoms with Crippen LogP contribution in [-0.4, -0.2) is 0 Å². The molecule has 0 radical (unpaired) electrons. The van der Waals surface area contributed by atoms with Crippen molar-refractivity contribution < 1.29 is 0 Å². The van der Waals surface area contributed by atoms with Crippen molar-refractivity contribution in [1.82, 2.24) is 0 Å². The summed E-state index contributed by atoms with van der Waals surface area (Å²) >= 11 is 0. The van der Waals surface area contributed by atoms with Crippen molar-refractivity contribution in [1.29, 1.82) is 0 Å². The summed E-state index contributed by atoms with van der Waals surface area (Å²) in [6.07, 6.45) is 5.77. The minimum Gasteiger partial charge on any atom is -0.0682 e. The van der Waals surface area contributed by atoms with Crippen molar-refractivity contribution in [3.63, 3.8) is 0 Å². The van der Waals surface area contributed by atoms with Crippen LogP contribution in [0.4, 0.5) is 0 Å². The Morgan fingerprint density at radius 1 is 0.950 bits per heavy atom. The SMILES string of the molecule is CCCC/C=C(\C#Cc1ccccc1)c1ccccc1. The third-order valence-corrected chi connectivity index (χ3v) is 3.11. The lowest BCUT2D eigenvalue weighted by Gasteiger charge is -2.00. The Labute approximate surface area is 122 Å². The van der Waals surface area contributed by atoms with Crippen LogP contribution in [-0.2, 0) is 0 Å². The predicted molar refractivity (Wildman–Crippen MR) is 87.3 cm³/mol. The van der Waals surface area contributed by atoms with E-state index in [-0.39, 0.29) is 0 Å². The smallest absolute Gasteiger partial charge is 0.0281 e. The fourth-order valence-electron chi connectivity index (χ4n) is 1.97. The summed E-state index contributed by atoms with van der Waals surface area (Å²) in [6, 6.07) is 20.6. The number of benzene rings is 2. The van der Waals surface area contributed by atoms with Gasteiger partial charge in [-0.15, -0.1) is 0 Å². The van der Waals surface area contributed by atoms with Crippen molar-refractivity contribution in [3.8, 4) is 11.8 Å². The molecule has 0 N–H and O–H groups in total. The molecule has 0 nitrogen and oxygen atoms in total. The van der Waals surface area contributed by atoms with Gasteiger partial charge in [0.05, 0.1) is 0 Å². The van der Waals surface area contributed by atoms with Gasteiger partial charge in [0.2, 0.25) is 0 Å². The average Bonchev–Trinajstić information content (AvgIpc) is 2.52. The summed E-state index contributed by atoms with van der Waals surface area (Å²) in [6.45, 7) is 2.21. The molecular weight excluding hydrogens is 240 g/mol. The summed E-state index contributed by atoms with van der Waals surface area (Å²) < 4.78 is 0. The Balaban J connectivity index is 2.24. The highest BCUT2D eigenvalue weighted by atomic mass is 14.0. The van der Waals surface area contributed by atoms with E-state index >= 15 is 0 Å². The van der Waals surface area contributed by atoms with E-state index < -0.39 is 0 Å². The molecule has 2 rings (SSSR count). The van der Waals surface area contributed by atoms with Gasteiger partial charge in [0.25, 0.3) is 0 Å². The maximum Gasteiger partial charge on any atom is 0.0281 e. The molecule has 2 aromatic rings. The Bertz CT molecular complexity index is 595. The molecule has 0 fully saturated rings. The normalized spacial score (nSPS) is 10.8. The summed E-state index contributed by atoms with van der Waals surface area (Å²) in [7, 11) is 0. The summed E-state index contributed by atoms with van der Waals surface area (Å²) in [5.41, 5.74) is 3.39. The predicted octanol–water partition coefficient (Wildman–Crippen LogP) is 5.31. The van der Waals surface area contributed by atoms with Crippen molar-refractivity contribution >= 4 is 5.57 Å². The van der Waals surface area contributed by atoms with Gasteiger partial charge in [0, 0.05) is 11.1 Å². The molecule has 0 aliphatic rings. The molecule has 0 aromatic heterocycles. The van der Waals surface area contributed by atoms with E-state index in [1.807, 2.05) is 36.4 Å². The van der Waals surface area contributed by atoms with Gasteiger partial charge in [-0.3, -0.25) is 0 Å². The number of allylic oxidation sites excluding steroid dienone is 2. The van der Waals surface area contributed by atoms with E-state index in [0.29, 0.717) is 0 Å². The monoisotopic (exact) mass is 260 g/mol. The molecule has 0 heteroatoms. The molecule has 2 aromatic carbocycles. The van der Waals surface area contributed by atoms with Crippen molar-refractivity contribution in [2.24, 2.45) is 0 Å². The van der Waals surface area contributed by atoms with Gasteiger partial charge in [-0.25, -0.2) is 0 Å². The van der Waals surface area contributed by atoms with Crippen LogP contribution in [0.5, 0.6) is 0 Å². The van der Waals surface area contributed by atoms with Crippen LogP contribution in [0.1, 0.15) is 37.3 Å². The summed E-state index contributed by atoms with van der Waals surface area (Å²) in [5.74, 6) is 6.57. The lowest BCUT2D eigenvalue weighted by Crippen LogP contribution is -1.82. The first-order valence-corrected chi connectivity index (χ1v) is 7.23. The molecule has 0 heterocycles. The lowest BCUT2D eigenvalue weighted by atomic mass is 10.0. The van der Waals surface area contributed by atoms with E-state index in [1.165, 1.54) is 18.4 Å². The fourth-order valence-corrected chi connectivity index (χ4v) is 1.97. The maximum absolute atomic E-state index is 3.32. The second-order valence-corrected chi connectivity index (χ2v) is 4.74. The van der Waals surface area contributed by atoms with Gasteiger partial charge in [0.15, 0.2) is 0 Å². The lowest BCUT2D eigenvalue weighted by molar-refractivity contribution is 0.816. The van der Waals surface area contributed by atoms with Gasteiger partial charge in [-0.1, -0.05) is 86.2 Å². The van der Waals surface area contributed by atoms with Gasteiger partial charge in [0.1, 0.15) is 0 Å². The molecular formula is C20H20. The zero-order valence-electron chi connectivity index (χ0n) is 12.0. The number of rotatable bonds is 4. The van der Waals surface area contributed by atoms with Crippen LogP contribution < -0.4 is 0 Å². The molecule has 0 spiro atoms. The zero-order valence-corrected chi connectivity index (χ0v) is 12.0. The Morgan fingerprint density at radius 3 is 2.25 bits per heavy atom. The second kappa shape index (κ2) is 8.02. The first-order chi connectivity index (χ1) is 9.90. The third-order valence-electron chi connectivity index (χ3n) is 3.11. The number of hydrogen-bond donors (Lipinski definition) is 0. The minimum atomic E-state index is 1.06. The summed E-state index contributed by atoms with van der Waals surface area (Å²) in [5, 5.41) is 0. The molecule has 20 heavy (non-hydrogen) atoms. The topological polar surface area (TPSA) is 0 Å². The van der Waals surface area contributed by atoms with Crippen LogP contribution in [0, 0.1) is 11.8 Å². The van der Waals surface area contributed by atoms with Crippen molar-refractivity contribution in [2.45, 2.75) is 26.2 Å². The highest BCUT2D eigenvalue weighted by Crippen LogP contribution is 2.15. The Kier molecular flexibility index (Phi) is 5.68. The maximum atomic E-state index is 3.32. The summed E-state index contributed by atoms with van der Waals surface area (Å²) in [4.78, 5) is 0. The largest absolute Gasteiger partial charge is 0.0682 e. The quantitative estimate of drug-likeness (QED) is 0.516. The van der Waals surface area contributed by atoms with Gasteiger partial charge >= 0.3 is 0 Å². The number of hydrogen-bond acceptors (Lipinski definition) is 0. The van der Waals surface area contributed by atoms with Crippen molar-refractivity contribution in [2.75, 3.05) is 0 Å². The van der Waals surface area contributed by atoms with E-state index in [1.54, 1.807) is 0 Å². The molecule has 0 bridgehead atoms. The fraction of sp³-hybridized carbons (Fsp3) is 0.200. The molecule has 0 unspecified atom stereocenters. The van der Waals surface area contributed by atoms with E-state index in [9.17, 15) is 0 Å². The first-order valence-electron chi connectivity index (χ1n) is 7.23. The van der Waals surface area contributed by atoms with E-state index in [0.717, 1.165) is 17.6 Å². The molecule has 0 atom stereocenters. The molecule has 0 amide bonds. The standard InChI is InChI=1S/C20H20/c1-2-3-6-13-20(19-14-9-5-10-15-19)17-16-18-11-7-4-8-12-18/h4-5,7-15H,2-3,6H2,1H3/b20-13+. The molecule has 0 saturated heterocycles. The van der Waals surface area contributed by atoms with Crippen LogP contribution in [0.2, 0.25) is 0 Å². The van der Waals surface area contributed by atoms with Gasteiger partial charge in [-0.2, -0.15) is 0 Å². The molecule has 0 saturated carbocycles. The molecule has 0 aliphatic heterocycles. The van der Waals surface area contributed by atoms with E-state index in [2.05, 4.69) is 49.1 Å². The Hall–Kier alpha value is -2.26. The molecule has 100 valence electrons. The van der Waals surface area contributed by atoms with Gasteiger partial charge in [-0.05, 0) is 24.1 Å². The molecule has 0 aliphatic carbocycles. The van der Waals surface area contributed by atoms with Gasteiger partial charge < -0.3 is 0 Å². The van der Waals surface area contributed by atoms with Crippen LogP contribution in [0.25, 0.3) is 5.57 Å². The highest BCUT2D eigenvalue weighted by Gasteiger charge is 1.96. The van der Waals surface area contributed by atoms with Crippen LogP contribution in [0.15, 0.2) is 66.7 Å². The van der Waals surface area contributed by atoms with Crippen LogP contribution in [0.3, 0.4) is 0 Å². The zero-order chi connectivity index (χ0) is 14.0.